The van der Waals surface area contributed by atoms with Gasteiger partial charge in [0.25, 0.3) is 0 Å². The Morgan fingerprint density at radius 2 is 1.81 bits per heavy atom. The number of aliphatic hydroxyl groups excluding tert-OH is 2. The summed E-state index contributed by atoms with van der Waals surface area (Å²) >= 11 is 0. The van der Waals surface area contributed by atoms with Crippen molar-refractivity contribution >= 4 is 10.0 Å². The highest BCUT2D eigenvalue weighted by atomic mass is 32.2. The van der Waals surface area contributed by atoms with Crippen molar-refractivity contribution in [3.05, 3.63) is 0 Å². The summed E-state index contributed by atoms with van der Waals surface area (Å²) in [5.74, 6) is -0.282. The van der Waals surface area contributed by atoms with Gasteiger partial charge in [-0.2, -0.15) is 0 Å². The van der Waals surface area contributed by atoms with Crippen molar-refractivity contribution in [1.82, 2.24) is 0 Å². The SMILES string of the molecule is CC(C)OCC(CO)(CO)CCS(N)(=O)=O. The van der Waals surface area contributed by atoms with Gasteiger partial charge in [-0.1, -0.05) is 0 Å². The molecule has 7 heteroatoms. The Hall–Kier alpha value is -0.210. The van der Waals surface area contributed by atoms with Crippen LogP contribution >= 0.6 is 0 Å². The highest BCUT2D eigenvalue weighted by Crippen LogP contribution is 2.22. The summed E-state index contributed by atoms with van der Waals surface area (Å²) in [4.78, 5) is 0. The van der Waals surface area contributed by atoms with Crippen LogP contribution in [0.25, 0.3) is 0 Å². The molecule has 0 radical (unpaired) electrons. The molecule has 16 heavy (non-hydrogen) atoms. The number of hydrogen-bond donors (Lipinski definition) is 3. The molecular formula is C9H21NO5S. The second kappa shape index (κ2) is 6.51. The van der Waals surface area contributed by atoms with E-state index in [0.717, 1.165) is 0 Å². The van der Waals surface area contributed by atoms with Crippen molar-refractivity contribution in [3.8, 4) is 0 Å². The van der Waals surface area contributed by atoms with Crippen molar-refractivity contribution < 1.29 is 23.4 Å². The first-order valence-electron chi connectivity index (χ1n) is 5.08. The van der Waals surface area contributed by atoms with Gasteiger partial charge in [0.1, 0.15) is 0 Å². The minimum atomic E-state index is -3.59. The van der Waals surface area contributed by atoms with E-state index in [2.05, 4.69) is 0 Å². The average molecular weight is 255 g/mol. The number of ether oxygens (including phenoxy) is 1. The van der Waals surface area contributed by atoms with Crippen LogP contribution in [-0.4, -0.2) is 50.3 Å². The maximum Gasteiger partial charge on any atom is 0.209 e. The monoisotopic (exact) mass is 255 g/mol. The van der Waals surface area contributed by atoms with Gasteiger partial charge in [-0.05, 0) is 20.3 Å². The molecule has 0 rings (SSSR count). The number of hydrogen-bond acceptors (Lipinski definition) is 5. The second-order valence-electron chi connectivity index (χ2n) is 4.29. The molecule has 0 aromatic heterocycles. The minimum absolute atomic E-state index is 0.0491. The molecule has 0 aromatic carbocycles. The van der Waals surface area contributed by atoms with Gasteiger partial charge in [-0.25, -0.2) is 13.6 Å². The van der Waals surface area contributed by atoms with Crippen molar-refractivity contribution in [2.45, 2.75) is 26.4 Å². The summed E-state index contributed by atoms with van der Waals surface area (Å²) in [7, 11) is -3.59. The Morgan fingerprint density at radius 3 is 2.12 bits per heavy atom. The Labute approximate surface area is 96.5 Å². The van der Waals surface area contributed by atoms with Crippen molar-refractivity contribution in [2.75, 3.05) is 25.6 Å². The van der Waals surface area contributed by atoms with Crippen molar-refractivity contribution in [1.29, 1.82) is 0 Å². The van der Waals surface area contributed by atoms with Gasteiger partial charge in [0.05, 0.1) is 31.7 Å². The van der Waals surface area contributed by atoms with Crippen LogP contribution in [0.4, 0.5) is 0 Å². The van der Waals surface area contributed by atoms with Gasteiger partial charge in [-0.3, -0.25) is 0 Å². The van der Waals surface area contributed by atoms with Crippen LogP contribution in [0.5, 0.6) is 0 Å². The minimum Gasteiger partial charge on any atom is -0.396 e. The molecule has 6 nitrogen and oxygen atoms in total. The number of primary sulfonamides is 1. The summed E-state index contributed by atoms with van der Waals surface area (Å²) in [6.07, 6.45) is 0.0258. The molecule has 0 atom stereocenters. The maximum atomic E-state index is 10.8. The van der Waals surface area contributed by atoms with E-state index in [9.17, 15) is 18.6 Å². The lowest BCUT2D eigenvalue weighted by atomic mass is 9.88. The highest BCUT2D eigenvalue weighted by molar-refractivity contribution is 7.89. The van der Waals surface area contributed by atoms with E-state index in [0.29, 0.717) is 0 Å². The largest absolute Gasteiger partial charge is 0.396 e. The summed E-state index contributed by atoms with van der Waals surface area (Å²) < 4.78 is 26.9. The molecule has 0 unspecified atom stereocenters. The topological polar surface area (TPSA) is 110 Å². The van der Waals surface area contributed by atoms with Crippen LogP contribution < -0.4 is 5.14 Å². The third-order valence-electron chi connectivity index (χ3n) is 2.31. The Bertz CT molecular complexity index is 284. The second-order valence-corrected chi connectivity index (χ2v) is 6.03. The Morgan fingerprint density at radius 1 is 1.31 bits per heavy atom. The van der Waals surface area contributed by atoms with E-state index in [1.54, 1.807) is 0 Å². The zero-order valence-corrected chi connectivity index (χ0v) is 10.5. The smallest absolute Gasteiger partial charge is 0.209 e. The van der Waals surface area contributed by atoms with E-state index in [-0.39, 0.29) is 38.1 Å². The normalized spacial score (nSPS) is 13.4. The molecule has 0 aliphatic rings. The van der Waals surface area contributed by atoms with Crippen LogP contribution in [0.2, 0.25) is 0 Å². The number of rotatable bonds is 8. The molecule has 0 spiro atoms. The van der Waals surface area contributed by atoms with E-state index in [1.165, 1.54) is 0 Å². The molecule has 4 N–H and O–H groups in total. The molecule has 0 saturated heterocycles. The lowest BCUT2D eigenvalue weighted by Crippen LogP contribution is -2.38. The fraction of sp³-hybridized carbons (Fsp3) is 1.00. The van der Waals surface area contributed by atoms with Crippen LogP contribution in [0.15, 0.2) is 0 Å². The number of aliphatic hydroxyl groups is 2. The zero-order chi connectivity index (χ0) is 12.8. The molecule has 0 aliphatic heterocycles. The summed E-state index contributed by atoms with van der Waals surface area (Å²) in [6.45, 7) is 3.06. The Balaban J connectivity index is 4.43. The van der Waals surface area contributed by atoms with Gasteiger partial charge < -0.3 is 14.9 Å². The fourth-order valence-corrected chi connectivity index (χ4v) is 1.79. The number of nitrogens with two attached hydrogens (primary N) is 1. The van der Waals surface area contributed by atoms with E-state index < -0.39 is 15.4 Å². The molecule has 0 heterocycles. The third kappa shape index (κ3) is 6.39. The quantitative estimate of drug-likeness (QED) is 0.518. The van der Waals surface area contributed by atoms with Crippen molar-refractivity contribution in [2.24, 2.45) is 10.6 Å². The molecule has 0 bridgehead atoms. The molecule has 0 aliphatic carbocycles. The molecule has 98 valence electrons. The Kier molecular flexibility index (Phi) is 6.42. The lowest BCUT2D eigenvalue weighted by Gasteiger charge is -2.30. The first-order valence-corrected chi connectivity index (χ1v) is 6.80. The van der Waals surface area contributed by atoms with E-state index in [4.69, 9.17) is 9.88 Å². The predicted molar refractivity (Wildman–Crippen MR) is 60.3 cm³/mol. The first-order chi connectivity index (χ1) is 7.24. The lowest BCUT2D eigenvalue weighted by molar-refractivity contribution is -0.0485. The van der Waals surface area contributed by atoms with E-state index >= 15 is 0 Å². The fourth-order valence-electron chi connectivity index (χ4n) is 1.07. The average Bonchev–Trinajstić information content (AvgIpc) is 2.18. The first kappa shape index (κ1) is 15.8. The van der Waals surface area contributed by atoms with Gasteiger partial charge in [-0.15, -0.1) is 0 Å². The summed E-state index contributed by atoms with van der Waals surface area (Å²) in [6, 6.07) is 0. The number of sulfonamides is 1. The maximum absolute atomic E-state index is 10.8. The summed E-state index contributed by atoms with van der Waals surface area (Å²) in [5, 5.41) is 23.3. The third-order valence-corrected chi connectivity index (χ3v) is 3.08. The van der Waals surface area contributed by atoms with Crippen molar-refractivity contribution in [3.63, 3.8) is 0 Å². The zero-order valence-electron chi connectivity index (χ0n) is 9.72. The van der Waals surface area contributed by atoms with Crippen LogP contribution in [-0.2, 0) is 14.8 Å². The standard InChI is InChI=1S/C9H21NO5S/c1-8(2)15-7-9(5-11,6-12)3-4-16(10,13)14/h8,11-12H,3-7H2,1-2H3,(H2,10,13,14). The molecule has 0 amide bonds. The van der Waals surface area contributed by atoms with Gasteiger partial charge in [0.2, 0.25) is 10.0 Å². The van der Waals surface area contributed by atoms with Gasteiger partial charge in [0, 0.05) is 5.41 Å². The molecular weight excluding hydrogens is 234 g/mol. The van der Waals surface area contributed by atoms with E-state index in [1.807, 2.05) is 13.8 Å². The van der Waals surface area contributed by atoms with Crippen LogP contribution in [0.3, 0.4) is 0 Å². The summed E-state index contributed by atoms with van der Waals surface area (Å²) in [5.41, 5.74) is -0.948. The van der Waals surface area contributed by atoms with Gasteiger partial charge >= 0.3 is 0 Å². The van der Waals surface area contributed by atoms with Gasteiger partial charge in [0.15, 0.2) is 0 Å². The van der Waals surface area contributed by atoms with Crippen LogP contribution in [0.1, 0.15) is 20.3 Å². The molecule has 0 fully saturated rings. The highest BCUT2D eigenvalue weighted by Gasteiger charge is 2.30. The molecule has 0 saturated carbocycles. The predicted octanol–water partition coefficient (Wildman–Crippen LogP) is -0.939. The van der Waals surface area contributed by atoms with Crippen LogP contribution in [0, 0.1) is 5.41 Å². The molecule has 0 aromatic rings.